The largest absolute Gasteiger partial charge is 0.473 e. The smallest absolute Gasteiger partial charge is 0.215 e. The first-order chi connectivity index (χ1) is 14.2. The molecule has 1 aromatic heterocycles. The number of carbonyl (C=O) groups excluding carboxylic acids is 1. The normalized spacial score (nSPS) is 30.9. The van der Waals surface area contributed by atoms with Gasteiger partial charge < -0.3 is 4.74 Å². The highest BCUT2D eigenvalue weighted by Gasteiger charge is 2.65. The molecule has 5 rings (SSSR count). The van der Waals surface area contributed by atoms with Crippen molar-refractivity contribution in [3.63, 3.8) is 0 Å². The van der Waals surface area contributed by atoms with Crippen molar-refractivity contribution >= 4 is 26.7 Å². The maximum absolute atomic E-state index is 13.3. The number of hydrogen-bond donors (Lipinski definition) is 0. The minimum absolute atomic E-state index is 0.0662. The molecule has 3 atom stereocenters. The van der Waals surface area contributed by atoms with Gasteiger partial charge in [-0.15, -0.1) is 0 Å². The molecule has 1 aromatic carbocycles. The van der Waals surface area contributed by atoms with Gasteiger partial charge in [-0.3, -0.25) is 4.79 Å². The minimum Gasteiger partial charge on any atom is -0.473 e. The summed E-state index contributed by atoms with van der Waals surface area (Å²) in [7, 11) is -3.54. The highest BCUT2D eigenvalue weighted by Crippen LogP contribution is 2.64. The van der Waals surface area contributed by atoms with Crippen molar-refractivity contribution in [1.29, 1.82) is 0 Å². The van der Waals surface area contributed by atoms with Crippen LogP contribution in [-0.4, -0.2) is 48.4 Å². The lowest BCUT2D eigenvalue weighted by Crippen LogP contribution is -2.46. The van der Waals surface area contributed by atoms with Gasteiger partial charge in [-0.05, 0) is 42.7 Å². The summed E-state index contributed by atoms with van der Waals surface area (Å²) in [5, 5.41) is 1.04. The standard InChI is InChI=1S/C23H28N2O4S/c1-22(2)17-9-11-23(22,20(26)13-17)15-30(27,28)25-12-10-18(14-25)29-21-8-7-16-5-3-4-6-19(16)24-21/h3-8,17-18H,9-15H2,1-2H3. The molecule has 3 aliphatic rings. The Kier molecular flexibility index (Phi) is 4.49. The summed E-state index contributed by atoms with van der Waals surface area (Å²) in [5.41, 5.74) is -0.119. The summed E-state index contributed by atoms with van der Waals surface area (Å²) in [5.74, 6) is 0.902. The second kappa shape index (κ2) is 6.76. The van der Waals surface area contributed by atoms with Crippen molar-refractivity contribution in [2.75, 3.05) is 18.8 Å². The van der Waals surface area contributed by atoms with Crippen molar-refractivity contribution in [1.82, 2.24) is 9.29 Å². The van der Waals surface area contributed by atoms with Crippen molar-refractivity contribution in [3.8, 4) is 5.88 Å². The van der Waals surface area contributed by atoms with Crippen LogP contribution < -0.4 is 4.74 Å². The number of hydrogen-bond acceptors (Lipinski definition) is 5. The van der Waals surface area contributed by atoms with Gasteiger partial charge in [-0.25, -0.2) is 13.4 Å². The number of fused-ring (bicyclic) bond motifs is 3. The van der Waals surface area contributed by atoms with Gasteiger partial charge >= 0.3 is 0 Å². The molecule has 0 N–H and O–H groups in total. The van der Waals surface area contributed by atoms with E-state index in [4.69, 9.17) is 4.74 Å². The van der Waals surface area contributed by atoms with Gasteiger partial charge in [0.25, 0.3) is 0 Å². The van der Waals surface area contributed by atoms with E-state index in [1.807, 2.05) is 36.4 Å². The van der Waals surface area contributed by atoms with Gasteiger partial charge in [-0.2, -0.15) is 4.31 Å². The van der Waals surface area contributed by atoms with Crippen LogP contribution in [0.25, 0.3) is 10.9 Å². The summed E-state index contributed by atoms with van der Waals surface area (Å²) in [6, 6.07) is 11.6. The Balaban J connectivity index is 1.29. The van der Waals surface area contributed by atoms with Gasteiger partial charge in [0.1, 0.15) is 11.9 Å². The average Bonchev–Trinajstić information content (AvgIpc) is 3.31. The second-order valence-corrected chi connectivity index (χ2v) is 11.6. The number of ketones is 1. The van der Waals surface area contributed by atoms with Crippen LogP contribution in [0.3, 0.4) is 0 Å². The summed E-state index contributed by atoms with van der Waals surface area (Å²) < 4.78 is 34.1. The van der Waals surface area contributed by atoms with Crippen molar-refractivity contribution in [2.45, 2.75) is 45.6 Å². The predicted molar refractivity (Wildman–Crippen MR) is 115 cm³/mol. The SMILES string of the molecule is CC1(C)C2CCC1(CS(=O)(=O)N1CCC(Oc3ccc4ccccc4n3)C1)C(=O)C2. The van der Waals surface area contributed by atoms with Gasteiger partial charge in [0.05, 0.1) is 17.8 Å². The number of ether oxygens (including phenoxy) is 1. The Morgan fingerprint density at radius 3 is 2.70 bits per heavy atom. The molecule has 160 valence electrons. The summed E-state index contributed by atoms with van der Waals surface area (Å²) >= 11 is 0. The van der Waals surface area contributed by atoms with E-state index in [2.05, 4.69) is 18.8 Å². The number of nitrogens with zero attached hydrogens (tertiary/aromatic N) is 2. The Hall–Kier alpha value is -1.99. The van der Waals surface area contributed by atoms with Gasteiger partial charge in [-0.1, -0.05) is 32.0 Å². The third kappa shape index (κ3) is 2.97. The Labute approximate surface area is 177 Å². The number of para-hydroxylation sites is 1. The third-order valence-electron chi connectivity index (χ3n) is 7.93. The molecule has 30 heavy (non-hydrogen) atoms. The zero-order chi connectivity index (χ0) is 21.1. The highest BCUT2D eigenvalue weighted by molar-refractivity contribution is 7.89. The molecule has 6 nitrogen and oxygen atoms in total. The molecule has 1 aliphatic heterocycles. The number of aromatic nitrogens is 1. The fraction of sp³-hybridized carbons (Fsp3) is 0.565. The zero-order valence-corrected chi connectivity index (χ0v) is 18.3. The van der Waals surface area contributed by atoms with E-state index in [-0.39, 0.29) is 23.1 Å². The number of sulfonamides is 1. The van der Waals surface area contributed by atoms with E-state index in [9.17, 15) is 13.2 Å². The van der Waals surface area contributed by atoms with Crippen LogP contribution in [0.2, 0.25) is 0 Å². The monoisotopic (exact) mass is 428 g/mol. The molecule has 2 bridgehead atoms. The van der Waals surface area contributed by atoms with Crippen molar-refractivity contribution < 1.29 is 17.9 Å². The zero-order valence-electron chi connectivity index (χ0n) is 17.5. The molecular weight excluding hydrogens is 400 g/mol. The van der Waals surface area contributed by atoms with Crippen LogP contribution in [0.15, 0.2) is 36.4 Å². The first-order valence-corrected chi connectivity index (χ1v) is 12.4. The minimum atomic E-state index is -3.54. The topological polar surface area (TPSA) is 76.6 Å². The van der Waals surface area contributed by atoms with Crippen LogP contribution >= 0.6 is 0 Å². The molecule has 0 amide bonds. The van der Waals surface area contributed by atoms with Crippen molar-refractivity contribution in [3.05, 3.63) is 36.4 Å². The van der Waals surface area contributed by atoms with Crippen LogP contribution in [0, 0.1) is 16.7 Å². The van der Waals surface area contributed by atoms with Gasteiger partial charge in [0.2, 0.25) is 15.9 Å². The molecule has 2 saturated carbocycles. The van der Waals surface area contributed by atoms with E-state index < -0.39 is 15.4 Å². The van der Waals surface area contributed by atoms with Crippen LogP contribution in [0.5, 0.6) is 5.88 Å². The maximum atomic E-state index is 13.3. The van der Waals surface area contributed by atoms with E-state index in [0.717, 1.165) is 17.3 Å². The molecular formula is C23H28N2O4S. The Bertz CT molecular complexity index is 1110. The molecule has 3 fully saturated rings. The van der Waals surface area contributed by atoms with Crippen molar-refractivity contribution in [2.24, 2.45) is 16.7 Å². The molecule has 0 spiro atoms. The lowest BCUT2D eigenvalue weighted by atomic mass is 9.70. The molecule has 0 radical (unpaired) electrons. The fourth-order valence-corrected chi connectivity index (χ4v) is 8.10. The quantitative estimate of drug-likeness (QED) is 0.729. The van der Waals surface area contributed by atoms with E-state index in [0.29, 0.717) is 44.1 Å². The molecule has 2 heterocycles. The highest BCUT2D eigenvalue weighted by atomic mass is 32.2. The molecule has 7 heteroatoms. The lowest BCUT2D eigenvalue weighted by Gasteiger charge is -2.37. The van der Waals surface area contributed by atoms with Gasteiger partial charge in [0, 0.05) is 29.8 Å². The molecule has 1 saturated heterocycles. The van der Waals surface area contributed by atoms with E-state index >= 15 is 0 Å². The average molecular weight is 429 g/mol. The van der Waals surface area contributed by atoms with Gasteiger partial charge in [0.15, 0.2) is 0 Å². The molecule has 2 aliphatic carbocycles. The Morgan fingerprint density at radius 2 is 1.97 bits per heavy atom. The first kappa shape index (κ1) is 19.9. The number of pyridine rings is 1. The number of benzene rings is 1. The summed E-state index contributed by atoms with van der Waals surface area (Å²) in [6.45, 7) is 4.89. The van der Waals surface area contributed by atoms with Crippen LogP contribution in [-0.2, 0) is 14.8 Å². The number of Topliss-reactive ketones (excluding diaryl/α,β-unsaturated/α-hetero) is 1. The number of carbonyl (C=O) groups is 1. The Morgan fingerprint density at radius 1 is 1.17 bits per heavy atom. The second-order valence-electron chi connectivity index (χ2n) is 9.65. The summed E-state index contributed by atoms with van der Waals surface area (Å²) in [4.78, 5) is 17.3. The lowest BCUT2D eigenvalue weighted by molar-refractivity contribution is -0.128. The third-order valence-corrected chi connectivity index (χ3v) is 9.91. The van der Waals surface area contributed by atoms with Crippen LogP contribution in [0.1, 0.15) is 39.5 Å². The molecule has 3 unspecified atom stereocenters. The number of rotatable bonds is 5. The fourth-order valence-electron chi connectivity index (χ4n) is 5.84. The van der Waals surface area contributed by atoms with E-state index in [1.165, 1.54) is 4.31 Å². The predicted octanol–water partition coefficient (Wildman–Crippen LogP) is 3.41. The van der Waals surface area contributed by atoms with Crippen LogP contribution in [0.4, 0.5) is 0 Å². The first-order valence-electron chi connectivity index (χ1n) is 10.7. The van der Waals surface area contributed by atoms with E-state index in [1.54, 1.807) is 0 Å². The molecule has 2 aromatic rings. The summed E-state index contributed by atoms with van der Waals surface area (Å²) in [6.07, 6.45) is 2.57. The maximum Gasteiger partial charge on any atom is 0.215 e.